The lowest BCUT2D eigenvalue weighted by atomic mass is 10.0. The molecule has 0 aliphatic heterocycles. The van der Waals surface area contributed by atoms with E-state index < -0.39 is 0 Å². The summed E-state index contributed by atoms with van der Waals surface area (Å²) in [6.45, 7) is 1.04. The quantitative estimate of drug-likeness (QED) is 0.944. The van der Waals surface area contributed by atoms with Gasteiger partial charge in [-0.3, -0.25) is 0 Å². The van der Waals surface area contributed by atoms with Crippen molar-refractivity contribution < 1.29 is 0 Å². The molecular formula is C13H15BrN4. The Morgan fingerprint density at radius 2 is 2.22 bits per heavy atom. The summed E-state index contributed by atoms with van der Waals surface area (Å²) < 4.78 is 2.83. The third-order valence-corrected chi connectivity index (χ3v) is 4.70. The predicted molar refractivity (Wildman–Crippen MR) is 73.6 cm³/mol. The Hall–Kier alpha value is -1.10. The predicted octanol–water partition coefficient (Wildman–Crippen LogP) is 3.09. The maximum atomic E-state index is 4.48. The molecule has 2 fully saturated rings. The van der Waals surface area contributed by atoms with E-state index in [1.807, 2.05) is 22.8 Å². The monoisotopic (exact) mass is 306 g/mol. The summed E-state index contributed by atoms with van der Waals surface area (Å²) in [7, 11) is 0. The van der Waals surface area contributed by atoms with Crippen molar-refractivity contribution in [3.8, 4) is 0 Å². The van der Waals surface area contributed by atoms with Crippen molar-refractivity contribution in [1.29, 1.82) is 0 Å². The normalized spacial score (nSPS) is 21.2. The third kappa shape index (κ3) is 1.81. The second kappa shape index (κ2) is 3.70. The SMILES string of the molecule is Brc1ccc2nc(NCC3(C4CC4)CC3)nn2c1. The number of anilines is 1. The average molecular weight is 307 g/mol. The lowest BCUT2D eigenvalue weighted by Crippen LogP contribution is -2.18. The molecule has 94 valence electrons. The Bertz CT molecular complexity index is 598. The summed E-state index contributed by atoms with van der Waals surface area (Å²) in [6, 6.07) is 3.95. The van der Waals surface area contributed by atoms with Crippen LogP contribution >= 0.6 is 15.9 Å². The fourth-order valence-electron chi connectivity index (χ4n) is 2.77. The molecule has 4 nitrogen and oxygen atoms in total. The summed E-state index contributed by atoms with van der Waals surface area (Å²) in [6.07, 6.45) is 7.54. The van der Waals surface area contributed by atoms with Crippen molar-refractivity contribution in [1.82, 2.24) is 14.6 Å². The van der Waals surface area contributed by atoms with Gasteiger partial charge in [-0.25, -0.2) is 4.52 Å². The van der Waals surface area contributed by atoms with Crippen LogP contribution in [0.25, 0.3) is 5.65 Å². The van der Waals surface area contributed by atoms with Crippen molar-refractivity contribution in [3.63, 3.8) is 0 Å². The Balaban J connectivity index is 1.52. The van der Waals surface area contributed by atoms with E-state index in [0.29, 0.717) is 5.41 Å². The average Bonchev–Trinajstić information content (AvgIpc) is 3.22. The zero-order valence-electron chi connectivity index (χ0n) is 10.1. The van der Waals surface area contributed by atoms with E-state index in [9.17, 15) is 0 Å². The molecule has 5 heteroatoms. The van der Waals surface area contributed by atoms with E-state index in [2.05, 4.69) is 31.3 Å². The number of halogens is 1. The zero-order valence-corrected chi connectivity index (χ0v) is 11.7. The van der Waals surface area contributed by atoms with Gasteiger partial charge in [0.1, 0.15) is 0 Å². The van der Waals surface area contributed by atoms with Crippen LogP contribution in [0.2, 0.25) is 0 Å². The van der Waals surface area contributed by atoms with Gasteiger partial charge in [0, 0.05) is 17.2 Å². The first kappa shape index (κ1) is 10.8. The summed E-state index contributed by atoms with van der Waals surface area (Å²) in [5.41, 5.74) is 1.47. The van der Waals surface area contributed by atoms with Gasteiger partial charge in [0.2, 0.25) is 5.95 Å². The number of pyridine rings is 1. The molecule has 0 aromatic carbocycles. The van der Waals surface area contributed by atoms with Gasteiger partial charge in [0.05, 0.1) is 0 Å². The highest BCUT2D eigenvalue weighted by Gasteiger charge is 2.53. The number of hydrogen-bond donors (Lipinski definition) is 1. The van der Waals surface area contributed by atoms with Crippen LogP contribution in [-0.4, -0.2) is 21.1 Å². The summed E-state index contributed by atoms with van der Waals surface area (Å²) >= 11 is 3.44. The van der Waals surface area contributed by atoms with Gasteiger partial charge < -0.3 is 5.32 Å². The standard InChI is InChI=1S/C13H15BrN4/c14-10-3-4-11-16-12(17-18(11)7-10)15-8-13(5-6-13)9-1-2-9/h3-4,7,9H,1-2,5-6,8H2,(H,15,17). The maximum Gasteiger partial charge on any atom is 0.243 e. The van der Waals surface area contributed by atoms with Crippen LogP contribution < -0.4 is 5.32 Å². The molecule has 18 heavy (non-hydrogen) atoms. The molecule has 0 atom stereocenters. The van der Waals surface area contributed by atoms with Crippen LogP contribution in [0.1, 0.15) is 25.7 Å². The van der Waals surface area contributed by atoms with Crippen LogP contribution in [0.4, 0.5) is 5.95 Å². The Kier molecular flexibility index (Phi) is 2.22. The Morgan fingerprint density at radius 1 is 1.39 bits per heavy atom. The molecule has 2 aliphatic carbocycles. The van der Waals surface area contributed by atoms with Crippen LogP contribution in [0.3, 0.4) is 0 Å². The van der Waals surface area contributed by atoms with Gasteiger partial charge in [0.15, 0.2) is 5.65 Å². The molecule has 2 aliphatic rings. The number of nitrogens with zero attached hydrogens (tertiary/aromatic N) is 3. The van der Waals surface area contributed by atoms with Gasteiger partial charge in [-0.15, -0.1) is 5.10 Å². The number of fused-ring (bicyclic) bond motifs is 1. The van der Waals surface area contributed by atoms with E-state index >= 15 is 0 Å². The molecule has 0 unspecified atom stereocenters. The molecule has 2 aromatic rings. The first-order valence-corrected chi connectivity index (χ1v) is 7.30. The van der Waals surface area contributed by atoms with Crippen molar-refractivity contribution in [2.75, 3.05) is 11.9 Å². The lowest BCUT2D eigenvalue weighted by molar-refractivity contribution is 0.465. The minimum absolute atomic E-state index is 0.581. The highest BCUT2D eigenvalue weighted by atomic mass is 79.9. The largest absolute Gasteiger partial charge is 0.352 e. The number of aromatic nitrogens is 3. The molecule has 2 aromatic heterocycles. The third-order valence-electron chi connectivity index (χ3n) is 4.23. The second-order valence-corrected chi connectivity index (χ2v) is 6.49. The van der Waals surface area contributed by atoms with Crippen molar-refractivity contribution in [2.24, 2.45) is 11.3 Å². The molecule has 0 saturated heterocycles. The first-order valence-electron chi connectivity index (χ1n) is 6.51. The van der Waals surface area contributed by atoms with E-state index in [4.69, 9.17) is 0 Å². The number of nitrogens with one attached hydrogen (secondary N) is 1. The van der Waals surface area contributed by atoms with Gasteiger partial charge in [-0.1, -0.05) is 0 Å². The van der Waals surface area contributed by atoms with E-state index in [0.717, 1.165) is 28.5 Å². The smallest absolute Gasteiger partial charge is 0.243 e. The van der Waals surface area contributed by atoms with Gasteiger partial charge in [-0.2, -0.15) is 4.98 Å². The fourth-order valence-corrected chi connectivity index (χ4v) is 3.10. The van der Waals surface area contributed by atoms with Crippen LogP contribution in [-0.2, 0) is 0 Å². The summed E-state index contributed by atoms with van der Waals surface area (Å²) in [4.78, 5) is 4.48. The first-order chi connectivity index (χ1) is 8.75. The molecule has 2 saturated carbocycles. The molecule has 0 spiro atoms. The van der Waals surface area contributed by atoms with Crippen LogP contribution in [0.5, 0.6) is 0 Å². The van der Waals surface area contributed by atoms with Crippen LogP contribution in [0.15, 0.2) is 22.8 Å². The Morgan fingerprint density at radius 3 is 2.94 bits per heavy atom. The minimum Gasteiger partial charge on any atom is -0.352 e. The van der Waals surface area contributed by atoms with Crippen molar-refractivity contribution >= 4 is 27.5 Å². The molecule has 0 bridgehead atoms. The number of hydrogen-bond acceptors (Lipinski definition) is 3. The number of rotatable bonds is 4. The highest BCUT2D eigenvalue weighted by molar-refractivity contribution is 9.10. The molecule has 1 N–H and O–H groups in total. The molecule has 4 rings (SSSR count). The van der Waals surface area contributed by atoms with E-state index in [-0.39, 0.29) is 0 Å². The molecule has 0 amide bonds. The summed E-state index contributed by atoms with van der Waals surface area (Å²) in [5.74, 6) is 1.72. The van der Waals surface area contributed by atoms with Crippen molar-refractivity contribution in [2.45, 2.75) is 25.7 Å². The molecular weight excluding hydrogens is 292 g/mol. The van der Waals surface area contributed by atoms with Gasteiger partial charge in [0.25, 0.3) is 0 Å². The Labute approximate surface area is 114 Å². The topological polar surface area (TPSA) is 42.2 Å². The summed E-state index contributed by atoms with van der Waals surface area (Å²) in [5, 5.41) is 7.87. The van der Waals surface area contributed by atoms with Gasteiger partial charge in [-0.05, 0) is 65.1 Å². The minimum atomic E-state index is 0.581. The van der Waals surface area contributed by atoms with Crippen molar-refractivity contribution in [3.05, 3.63) is 22.8 Å². The molecule has 2 heterocycles. The van der Waals surface area contributed by atoms with Crippen LogP contribution in [0, 0.1) is 11.3 Å². The maximum absolute atomic E-state index is 4.48. The van der Waals surface area contributed by atoms with E-state index in [1.165, 1.54) is 25.7 Å². The van der Waals surface area contributed by atoms with Gasteiger partial charge >= 0.3 is 0 Å². The second-order valence-electron chi connectivity index (χ2n) is 5.58. The lowest BCUT2D eigenvalue weighted by Gasteiger charge is -2.13. The molecule has 0 radical (unpaired) electrons. The zero-order chi connectivity index (χ0) is 12.2. The fraction of sp³-hybridized carbons (Fsp3) is 0.538. The highest BCUT2D eigenvalue weighted by Crippen LogP contribution is 2.61. The van der Waals surface area contributed by atoms with E-state index in [1.54, 1.807) is 0 Å².